The molecule has 28 heavy (non-hydrogen) atoms. The fourth-order valence-electron chi connectivity index (χ4n) is 3.12. The van der Waals surface area contributed by atoms with Gasteiger partial charge in [0.2, 0.25) is 11.7 Å². The third kappa shape index (κ3) is 3.31. The normalized spacial score (nSPS) is 14.1. The van der Waals surface area contributed by atoms with Crippen LogP contribution >= 0.6 is 0 Å². The zero-order chi connectivity index (χ0) is 19.5. The standard InChI is InChI=1S/C19H21N5O4/c1-26-15-9-13(10-16(27-2)18(15)25)14-11-20-12-24(14)17-3-4-21-19(22-17)23-5-7-28-8-6-23/h3-4,9-12,25H,5-8H2,1-2H3. The highest BCUT2D eigenvalue weighted by Crippen LogP contribution is 2.40. The van der Waals surface area contributed by atoms with Crippen molar-refractivity contribution in [3.63, 3.8) is 0 Å². The number of methoxy groups -OCH3 is 2. The van der Waals surface area contributed by atoms with E-state index in [9.17, 15) is 5.11 Å². The van der Waals surface area contributed by atoms with Crippen LogP contribution in [0.4, 0.5) is 5.95 Å². The molecule has 9 nitrogen and oxygen atoms in total. The maximum atomic E-state index is 10.2. The predicted octanol–water partition coefficient (Wildman–Crippen LogP) is 1.89. The first-order valence-electron chi connectivity index (χ1n) is 8.85. The van der Waals surface area contributed by atoms with Crippen LogP contribution in [0.3, 0.4) is 0 Å². The van der Waals surface area contributed by atoms with E-state index in [1.165, 1.54) is 14.2 Å². The first kappa shape index (κ1) is 18.1. The number of rotatable bonds is 5. The Morgan fingerprint density at radius 1 is 1.11 bits per heavy atom. The molecule has 1 fully saturated rings. The number of morpholine rings is 1. The average molecular weight is 383 g/mol. The van der Waals surface area contributed by atoms with E-state index in [1.54, 1.807) is 30.9 Å². The van der Waals surface area contributed by atoms with Gasteiger partial charge in [0.15, 0.2) is 11.5 Å². The van der Waals surface area contributed by atoms with E-state index in [2.05, 4.69) is 14.9 Å². The predicted molar refractivity (Wildman–Crippen MR) is 102 cm³/mol. The largest absolute Gasteiger partial charge is 0.502 e. The van der Waals surface area contributed by atoms with Gasteiger partial charge in [0.25, 0.3) is 0 Å². The van der Waals surface area contributed by atoms with Crippen molar-refractivity contribution in [2.24, 2.45) is 0 Å². The summed E-state index contributed by atoms with van der Waals surface area (Å²) in [5.74, 6) is 1.94. The third-order valence-corrected chi connectivity index (χ3v) is 4.58. The molecule has 1 aliphatic heterocycles. The van der Waals surface area contributed by atoms with Crippen LogP contribution in [0, 0.1) is 0 Å². The lowest BCUT2D eigenvalue weighted by molar-refractivity contribution is 0.122. The lowest BCUT2D eigenvalue weighted by Crippen LogP contribution is -2.37. The van der Waals surface area contributed by atoms with Crippen molar-refractivity contribution in [2.75, 3.05) is 45.4 Å². The van der Waals surface area contributed by atoms with Gasteiger partial charge in [0, 0.05) is 24.8 Å². The lowest BCUT2D eigenvalue weighted by atomic mass is 10.1. The molecule has 0 saturated carbocycles. The molecule has 0 aliphatic carbocycles. The molecule has 1 aromatic carbocycles. The van der Waals surface area contributed by atoms with Crippen LogP contribution in [0.2, 0.25) is 0 Å². The molecule has 2 aromatic heterocycles. The molecule has 1 N–H and O–H groups in total. The first-order chi connectivity index (χ1) is 13.7. The third-order valence-electron chi connectivity index (χ3n) is 4.58. The van der Waals surface area contributed by atoms with Crippen LogP contribution < -0.4 is 14.4 Å². The van der Waals surface area contributed by atoms with Crippen LogP contribution in [0.25, 0.3) is 17.1 Å². The Bertz CT molecular complexity index is 943. The summed E-state index contributed by atoms with van der Waals surface area (Å²) in [5, 5.41) is 10.2. The monoisotopic (exact) mass is 383 g/mol. The second-order valence-corrected chi connectivity index (χ2v) is 6.19. The maximum Gasteiger partial charge on any atom is 0.227 e. The van der Waals surface area contributed by atoms with Gasteiger partial charge in [-0.1, -0.05) is 0 Å². The quantitative estimate of drug-likeness (QED) is 0.714. The summed E-state index contributed by atoms with van der Waals surface area (Å²) in [6.45, 7) is 2.84. The number of aromatic hydroxyl groups is 1. The molecule has 3 aromatic rings. The lowest BCUT2D eigenvalue weighted by Gasteiger charge is -2.26. The minimum atomic E-state index is -0.0449. The SMILES string of the molecule is COc1cc(-c2cncn2-c2ccnc(N3CCOCC3)n2)cc(OC)c1O. The van der Waals surface area contributed by atoms with Crippen molar-refractivity contribution in [3.05, 3.63) is 36.9 Å². The number of nitrogens with zero attached hydrogens (tertiary/aromatic N) is 5. The summed E-state index contributed by atoms with van der Waals surface area (Å²) in [6.07, 6.45) is 5.14. The Labute approximate surface area is 162 Å². The number of hydrogen-bond acceptors (Lipinski definition) is 8. The van der Waals surface area contributed by atoms with E-state index in [4.69, 9.17) is 19.2 Å². The van der Waals surface area contributed by atoms with Gasteiger partial charge in [0.05, 0.1) is 39.3 Å². The van der Waals surface area contributed by atoms with Crippen LogP contribution in [0.1, 0.15) is 0 Å². The molecular formula is C19H21N5O4. The Hall–Kier alpha value is -3.33. The summed E-state index contributed by atoms with van der Waals surface area (Å²) in [6, 6.07) is 5.29. The second kappa shape index (κ2) is 7.73. The summed E-state index contributed by atoms with van der Waals surface area (Å²) in [4.78, 5) is 15.5. The zero-order valence-corrected chi connectivity index (χ0v) is 15.7. The molecular weight excluding hydrogens is 362 g/mol. The molecule has 0 radical (unpaired) electrons. The van der Waals surface area contributed by atoms with E-state index in [0.29, 0.717) is 36.5 Å². The van der Waals surface area contributed by atoms with Gasteiger partial charge in [-0.3, -0.25) is 4.57 Å². The molecule has 0 unspecified atom stereocenters. The Morgan fingerprint density at radius 3 is 2.50 bits per heavy atom. The van der Waals surface area contributed by atoms with Crippen molar-refractivity contribution in [2.45, 2.75) is 0 Å². The number of hydrogen-bond donors (Lipinski definition) is 1. The van der Waals surface area contributed by atoms with Gasteiger partial charge in [-0.15, -0.1) is 0 Å². The molecule has 0 atom stereocenters. The van der Waals surface area contributed by atoms with Gasteiger partial charge >= 0.3 is 0 Å². The summed E-state index contributed by atoms with van der Waals surface area (Å²) < 4.78 is 17.8. The molecule has 0 amide bonds. The maximum absolute atomic E-state index is 10.2. The number of phenols is 1. The molecule has 0 spiro atoms. The van der Waals surface area contributed by atoms with Crippen molar-refractivity contribution in [1.29, 1.82) is 0 Å². The Morgan fingerprint density at radius 2 is 1.82 bits per heavy atom. The Kier molecular flexibility index (Phi) is 4.98. The number of imidazole rings is 1. The molecule has 146 valence electrons. The fourth-order valence-corrected chi connectivity index (χ4v) is 3.12. The van der Waals surface area contributed by atoms with Crippen molar-refractivity contribution >= 4 is 5.95 Å². The summed E-state index contributed by atoms with van der Waals surface area (Å²) in [7, 11) is 2.99. The number of benzene rings is 1. The van der Waals surface area contributed by atoms with Crippen LogP contribution in [-0.2, 0) is 4.74 Å². The van der Waals surface area contributed by atoms with E-state index >= 15 is 0 Å². The minimum absolute atomic E-state index is 0.0449. The number of ether oxygens (including phenoxy) is 3. The smallest absolute Gasteiger partial charge is 0.227 e. The fraction of sp³-hybridized carbons (Fsp3) is 0.316. The minimum Gasteiger partial charge on any atom is -0.502 e. The highest BCUT2D eigenvalue weighted by molar-refractivity contribution is 5.69. The number of phenolic OH excluding ortho intramolecular Hbond substituents is 1. The van der Waals surface area contributed by atoms with E-state index in [1.807, 2.05) is 10.6 Å². The van der Waals surface area contributed by atoms with Crippen LogP contribution in [0.5, 0.6) is 17.2 Å². The molecule has 3 heterocycles. The first-order valence-corrected chi connectivity index (χ1v) is 8.85. The molecule has 9 heteroatoms. The summed E-state index contributed by atoms with van der Waals surface area (Å²) >= 11 is 0. The Balaban J connectivity index is 1.74. The average Bonchev–Trinajstić information content (AvgIpc) is 3.24. The van der Waals surface area contributed by atoms with Crippen LogP contribution in [-0.4, -0.2) is 65.1 Å². The van der Waals surface area contributed by atoms with Gasteiger partial charge in [-0.2, -0.15) is 4.98 Å². The molecule has 1 saturated heterocycles. The van der Waals surface area contributed by atoms with Crippen LogP contribution in [0.15, 0.2) is 36.9 Å². The van der Waals surface area contributed by atoms with E-state index in [-0.39, 0.29) is 5.75 Å². The van der Waals surface area contributed by atoms with Gasteiger partial charge < -0.3 is 24.2 Å². The molecule has 4 rings (SSSR count). The van der Waals surface area contributed by atoms with Gasteiger partial charge in [-0.25, -0.2) is 9.97 Å². The molecule has 1 aliphatic rings. The number of anilines is 1. The summed E-state index contributed by atoms with van der Waals surface area (Å²) in [5.41, 5.74) is 1.55. The highest BCUT2D eigenvalue weighted by atomic mass is 16.5. The topological polar surface area (TPSA) is 94.8 Å². The van der Waals surface area contributed by atoms with E-state index < -0.39 is 0 Å². The van der Waals surface area contributed by atoms with Gasteiger partial charge in [-0.05, 0) is 18.2 Å². The van der Waals surface area contributed by atoms with E-state index in [0.717, 1.165) is 24.3 Å². The number of aromatic nitrogens is 4. The van der Waals surface area contributed by atoms with Crippen molar-refractivity contribution in [3.8, 4) is 34.3 Å². The second-order valence-electron chi connectivity index (χ2n) is 6.19. The molecule has 0 bridgehead atoms. The zero-order valence-electron chi connectivity index (χ0n) is 15.7. The highest BCUT2D eigenvalue weighted by Gasteiger charge is 2.18. The van der Waals surface area contributed by atoms with Crippen molar-refractivity contribution < 1.29 is 19.3 Å². The van der Waals surface area contributed by atoms with Crippen molar-refractivity contribution in [1.82, 2.24) is 19.5 Å². The van der Waals surface area contributed by atoms with Gasteiger partial charge in [0.1, 0.15) is 12.1 Å².